The zero-order valence-corrected chi connectivity index (χ0v) is 12.8. The first kappa shape index (κ1) is 13.9. The lowest BCUT2D eigenvalue weighted by Gasteiger charge is -2.33. The highest BCUT2D eigenvalue weighted by Gasteiger charge is 2.22. The quantitative estimate of drug-likeness (QED) is 0.839. The first-order valence-electron chi connectivity index (χ1n) is 6.66. The van der Waals surface area contributed by atoms with Gasteiger partial charge in [0, 0.05) is 29.2 Å². The molecule has 1 aromatic carbocycles. The molecule has 19 heavy (non-hydrogen) atoms. The highest BCUT2D eigenvalue weighted by molar-refractivity contribution is 5.85. The predicted molar refractivity (Wildman–Crippen MR) is 81.0 cm³/mol. The maximum absolute atomic E-state index is 5.43. The minimum Gasteiger partial charge on any atom is -0.496 e. The van der Waals surface area contributed by atoms with Crippen molar-refractivity contribution in [2.24, 2.45) is 0 Å². The molecule has 0 saturated carbocycles. The van der Waals surface area contributed by atoms with Crippen molar-refractivity contribution in [1.29, 1.82) is 0 Å². The van der Waals surface area contributed by atoms with Gasteiger partial charge in [-0.25, -0.2) is 0 Å². The van der Waals surface area contributed by atoms with Gasteiger partial charge in [-0.2, -0.15) is 0 Å². The number of aryl methyl sites for hydroxylation is 1. The summed E-state index contributed by atoms with van der Waals surface area (Å²) in [5.41, 5.74) is 2.59. The molecule has 0 radical (unpaired) electrons. The Morgan fingerprint density at radius 1 is 1.21 bits per heavy atom. The van der Waals surface area contributed by atoms with E-state index in [0.717, 1.165) is 12.3 Å². The smallest absolute Gasteiger partial charge is 0.123 e. The number of rotatable bonds is 4. The maximum Gasteiger partial charge on any atom is 0.123 e. The molecule has 1 heterocycles. The molecule has 1 aromatic heterocycles. The Labute approximate surface area is 115 Å². The van der Waals surface area contributed by atoms with Crippen molar-refractivity contribution in [2.75, 3.05) is 21.2 Å². The average Bonchev–Trinajstić information content (AvgIpc) is 2.73. The average molecular weight is 260 g/mol. The van der Waals surface area contributed by atoms with E-state index in [4.69, 9.17) is 4.74 Å². The third-order valence-corrected chi connectivity index (χ3v) is 4.12. The van der Waals surface area contributed by atoms with Crippen LogP contribution in [-0.4, -0.2) is 36.2 Å². The minimum atomic E-state index is 0.113. The number of fused-ring (bicyclic) bond motifs is 1. The standard InChI is InChI=1S/C16H24N2O/c1-12-14(19-6)8-7-13-9-10-18(15(12)13)11-16(2,3)17(4)5/h7-10H,11H2,1-6H3. The van der Waals surface area contributed by atoms with Crippen molar-refractivity contribution >= 4 is 10.9 Å². The van der Waals surface area contributed by atoms with Crippen LogP contribution in [0, 0.1) is 6.92 Å². The second-order valence-corrected chi connectivity index (χ2v) is 5.98. The van der Waals surface area contributed by atoms with Crippen LogP contribution in [-0.2, 0) is 6.54 Å². The third-order valence-electron chi connectivity index (χ3n) is 4.12. The lowest BCUT2D eigenvalue weighted by Crippen LogP contribution is -2.41. The Morgan fingerprint density at radius 3 is 2.47 bits per heavy atom. The van der Waals surface area contributed by atoms with Crippen LogP contribution in [0.4, 0.5) is 0 Å². The van der Waals surface area contributed by atoms with Crippen molar-refractivity contribution < 1.29 is 4.74 Å². The summed E-state index contributed by atoms with van der Waals surface area (Å²) < 4.78 is 7.76. The van der Waals surface area contributed by atoms with Crippen molar-refractivity contribution in [2.45, 2.75) is 32.9 Å². The normalized spacial score (nSPS) is 12.4. The van der Waals surface area contributed by atoms with Crippen LogP contribution in [0.2, 0.25) is 0 Å². The molecule has 0 aliphatic carbocycles. The molecular weight excluding hydrogens is 236 g/mol. The number of methoxy groups -OCH3 is 1. The number of likely N-dealkylation sites (N-methyl/N-ethyl adjacent to an activating group) is 1. The molecule has 0 saturated heterocycles. The van der Waals surface area contributed by atoms with Crippen LogP contribution in [0.1, 0.15) is 19.4 Å². The Balaban J connectivity index is 2.50. The van der Waals surface area contributed by atoms with Gasteiger partial charge < -0.3 is 14.2 Å². The van der Waals surface area contributed by atoms with E-state index in [2.05, 4.69) is 62.7 Å². The van der Waals surface area contributed by atoms with Crippen LogP contribution in [0.15, 0.2) is 24.4 Å². The van der Waals surface area contributed by atoms with Crippen LogP contribution in [0.5, 0.6) is 5.75 Å². The molecule has 0 aliphatic rings. The predicted octanol–water partition coefficient (Wildman–Crippen LogP) is 3.30. The van der Waals surface area contributed by atoms with Crippen molar-refractivity contribution in [3.05, 3.63) is 30.0 Å². The van der Waals surface area contributed by atoms with Gasteiger partial charge in [0.15, 0.2) is 0 Å². The zero-order chi connectivity index (χ0) is 14.2. The molecule has 3 nitrogen and oxygen atoms in total. The fraction of sp³-hybridized carbons (Fsp3) is 0.500. The number of benzene rings is 1. The minimum absolute atomic E-state index is 0.113. The summed E-state index contributed by atoms with van der Waals surface area (Å²) in [6, 6.07) is 6.34. The Morgan fingerprint density at radius 2 is 1.89 bits per heavy atom. The Bertz CT molecular complexity index is 582. The molecule has 0 aliphatic heterocycles. The summed E-state index contributed by atoms with van der Waals surface area (Å²) in [6.45, 7) is 7.60. The molecule has 0 amide bonds. The van der Waals surface area contributed by atoms with Gasteiger partial charge in [-0.1, -0.05) is 0 Å². The SMILES string of the molecule is COc1ccc2ccn(CC(C)(C)N(C)C)c2c1C. The fourth-order valence-corrected chi connectivity index (χ4v) is 2.37. The van der Waals surface area contributed by atoms with Gasteiger partial charge in [0.1, 0.15) is 5.75 Å². The number of hydrogen-bond donors (Lipinski definition) is 0. The second kappa shape index (κ2) is 4.89. The first-order valence-corrected chi connectivity index (χ1v) is 6.66. The Kier molecular flexibility index (Phi) is 3.59. The summed E-state index contributed by atoms with van der Waals surface area (Å²) in [6.07, 6.45) is 2.17. The molecule has 0 unspecified atom stereocenters. The lowest BCUT2D eigenvalue weighted by atomic mass is 10.0. The highest BCUT2D eigenvalue weighted by Crippen LogP contribution is 2.29. The number of ether oxygens (including phenoxy) is 1. The van der Waals surface area contributed by atoms with E-state index in [1.165, 1.54) is 16.5 Å². The highest BCUT2D eigenvalue weighted by atomic mass is 16.5. The van der Waals surface area contributed by atoms with Crippen LogP contribution in [0.3, 0.4) is 0 Å². The largest absolute Gasteiger partial charge is 0.496 e. The van der Waals surface area contributed by atoms with Gasteiger partial charge in [0.2, 0.25) is 0 Å². The van der Waals surface area contributed by atoms with E-state index in [1.54, 1.807) is 7.11 Å². The van der Waals surface area contributed by atoms with Crippen molar-refractivity contribution in [3.63, 3.8) is 0 Å². The van der Waals surface area contributed by atoms with Gasteiger partial charge in [-0.3, -0.25) is 0 Å². The number of nitrogens with zero attached hydrogens (tertiary/aromatic N) is 2. The number of aromatic nitrogens is 1. The summed E-state index contributed by atoms with van der Waals surface area (Å²) in [5.74, 6) is 0.954. The summed E-state index contributed by atoms with van der Waals surface area (Å²) in [5, 5.41) is 1.27. The van der Waals surface area contributed by atoms with Crippen LogP contribution >= 0.6 is 0 Å². The summed E-state index contributed by atoms with van der Waals surface area (Å²) in [7, 11) is 5.98. The number of hydrogen-bond acceptors (Lipinski definition) is 2. The first-order chi connectivity index (χ1) is 8.86. The molecule has 104 valence electrons. The molecule has 0 atom stereocenters. The fourth-order valence-electron chi connectivity index (χ4n) is 2.37. The van der Waals surface area contributed by atoms with Crippen LogP contribution in [0.25, 0.3) is 10.9 Å². The summed E-state index contributed by atoms with van der Waals surface area (Å²) >= 11 is 0. The molecular formula is C16H24N2O. The van der Waals surface area contributed by atoms with Gasteiger partial charge in [-0.15, -0.1) is 0 Å². The monoisotopic (exact) mass is 260 g/mol. The molecule has 3 heteroatoms. The van der Waals surface area contributed by atoms with Gasteiger partial charge in [-0.05, 0) is 53.1 Å². The van der Waals surface area contributed by atoms with Gasteiger partial charge in [0.25, 0.3) is 0 Å². The van der Waals surface area contributed by atoms with Gasteiger partial charge >= 0.3 is 0 Å². The molecule has 0 fully saturated rings. The third kappa shape index (κ3) is 2.47. The molecule has 0 bridgehead atoms. The van der Waals surface area contributed by atoms with E-state index in [0.29, 0.717) is 0 Å². The van der Waals surface area contributed by atoms with Crippen LogP contribution < -0.4 is 4.74 Å². The van der Waals surface area contributed by atoms with E-state index >= 15 is 0 Å². The van der Waals surface area contributed by atoms with Gasteiger partial charge in [0.05, 0.1) is 12.6 Å². The van der Waals surface area contributed by atoms with E-state index in [-0.39, 0.29) is 5.54 Å². The van der Waals surface area contributed by atoms with E-state index in [9.17, 15) is 0 Å². The zero-order valence-electron chi connectivity index (χ0n) is 12.8. The topological polar surface area (TPSA) is 17.4 Å². The maximum atomic E-state index is 5.43. The molecule has 0 N–H and O–H groups in total. The lowest BCUT2D eigenvalue weighted by molar-refractivity contribution is 0.171. The summed E-state index contributed by atoms with van der Waals surface area (Å²) in [4.78, 5) is 2.26. The van der Waals surface area contributed by atoms with Crippen molar-refractivity contribution in [1.82, 2.24) is 9.47 Å². The Hall–Kier alpha value is -1.48. The van der Waals surface area contributed by atoms with Crippen molar-refractivity contribution in [3.8, 4) is 5.75 Å². The second-order valence-electron chi connectivity index (χ2n) is 5.98. The molecule has 2 rings (SSSR count). The van der Waals surface area contributed by atoms with E-state index < -0.39 is 0 Å². The molecule has 2 aromatic rings. The molecule has 0 spiro atoms. The van der Waals surface area contributed by atoms with E-state index in [1.807, 2.05) is 6.07 Å².